The van der Waals surface area contributed by atoms with Crippen LogP contribution in [0.25, 0.3) is 0 Å². The Hall–Kier alpha value is -1.22. The lowest BCUT2D eigenvalue weighted by atomic mass is 10.0. The highest BCUT2D eigenvalue weighted by Gasteiger charge is 2.08. The van der Waals surface area contributed by atoms with E-state index in [9.17, 15) is 9.18 Å². The first-order valence-electron chi connectivity index (χ1n) is 4.64. The molecular formula is C11H14FNO. The summed E-state index contributed by atoms with van der Waals surface area (Å²) in [6, 6.07) is 4.21. The molecule has 76 valence electrons. The fourth-order valence-corrected chi connectivity index (χ4v) is 1.34. The minimum absolute atomic E-state index is 0.0351. The zero-order valence-electron chi connectivity index (χ0n) is 8.22. The summed E-state index contributed by atoms with van der Waals surface area (Å²) in [5.41, 5.74) is 6.59. The molecule has 0 aliphatic heterocycles. The standard InChI is InChI=1S/C11H14FNO/c1-8-7-9(12)4-5-10(8)11(14)3-2-6-13/h4-5,7H,2-3,6,13H2,1H3. The van der Waals surface area contributed by atoms with E-state index in [1.165, 1.54) is 18.2 Å². The van der Waals surface area contributed by atoms with Gasteiger partial charge in [-0.15, -0.1) is 0 Å². The average Bonchev–Trinajstić information content (AvgIpc) is 2.14. The molecule has 0 unspecified atom stereocenters. The van der Waals surface area contributed by atoms with Crippen LogP contribution in [0.4, 0.5) is 4.39 Å². The van der Waals surface area contributed by atoms with E-state index in [2.05, 4.69) is 0 Å². The Morgan fingerprint density at radius 1 is 1.50 bits per heavy atom. The van der Waals surface area contributed by atoms with Crippen molar-refractivity contribution in [1.82, 2.24) is 0 Å². The normalized spacial score (nSPS) is 10.2. The number of Topliss-reactive ketones (excluding diaryl/α,β-unsaturated/α-hetero) is 1. The second kappa shape index (κ2) is 4.86. The lowest BCUT2D eigenvalue weighted by Crippen LogP contribution is -2.06. The van der Waals surface area contributed by atoms with Gasteiger partial charge in [0.2, 0.25) is 0 Å². The topological polar surface area (TPSA) is 43.1 Å². The summed E-state index contributed by atoms with van der Waals surface area (Å²) in [6.45, 7) is 2.24. The van der Waals surface area contributed by atoms with Crippen LogP contribution in [0, 0.1) is 12.7 Å². The number of aryl methyl sites for hydroxylation is 1. The molecule has 1 aromatic rings. The predicted molar refractivity (Wildman–Crippen MR) is 53.8 cm³/mol. The number of ketones is 1. The Bertz CT molecular complexity index is 336. The van der Waals surface area contributed by atoms with Gasteiger partial charge < -0.3 is 5.73 Å². The monoisotopic (exact) mass is 195 g/mol. The van der Waals surface area contributed by atoms with Crippen molar-refractivity contribution in [2.45, 2.75) is 19.8 Å². The Balaban J connectivity index is 2.80. The zero-order chi connectivity index (χ0) is 10.6. The predicted octanol–water partition coefficient (Wildman–Crippen LogP) is 2.06. The summed E-state index contributed by atoms with van der Waals surface area (Å²) in [5, 5.41) is 0. The van der Waals surface area contributed by atoms with Gasteiger partial charge in [0.1, 0.15) is 5.82 Å². The third kappa shape index (κ3) is 2.64. The molecule has 1 rings (SSSR count). The fraction of sp³-hybridized carbons (Fsp3) is 0.364. The lowest BCUT2D eigenvalue weighted by Gasteiger charge is -2.03. The van der Waals surface area contributed by atoms with E-state index < -0.39 is 0 Å². The van der Waals surface area contributed by atoms with Crippen molar-refractivity contribution in [1.29, 1.82) is 0 Å². The molecule has 0 aromatic heterocycles. The summed E-state index contributed by atoms with van der Waals surface area (Å²) < 4.78 is 12.7. The maximum Gasteiger partial charge on any atom is 0.163 e. The molecule has 0 saturated heterocycles. The van der Waals surface area contributed by atoms with Crippen LogP contribution in [-0.4, -0.2) is 12.3 Å². The summed E-state index contributed by atoms with van der Waals surface area (Å²) >= 11 is 0. The number of benzene rings is 1. The summed E-state index contributed by atoms with van der Waals surface area (Å²) in [7, 11) is 0. The molecule has 0 radical (unpaired) electrons. The van der Waals surface area contributed by atoms with Crippen molar-refractivity contribution in [3.63, 3.8) is 0 Å². The minimum Gasteiger partial charge on any atom is -0.330 e. The summed E-state index contributed by atoms with van der Waals surface area (Å²) in [5.74, 6) is -0.272. The molecule has 14 heavy (non-hydrogen) atoms. The zero-order valence-corrected chi connectivity index (χ0v) is 8.22. The van der Waals surface area contributed by atoms with Gasteiger partial charge in [-0.25, -0.2) is 4.39 Å². The van der Waals surface area contributed by atoms with Gasteiger partial charge in [-0.1, -0.05) is 0 Å². The summed E-state index contributed by atoms with van der Waals surface area (Å²) in [4.78, 5) is 11.6. The molecule has 0 aliphatic rings. The number of hydrogen-bond acceptors (Lipinski definition) is 2. The molecule has 0 atom stereocenters. The van der Waals surface area contributed by atoms with Crippen molar-refractivity contribution in [2.24, 2.45) is 5.73 Å². The van der Waals surface area contributed by atoms with Gasteiger partial charge in [-0.2, -0.15) is 0 Å². The molecule has 0 bridgehead atoms. The quantitative estimate of drug-likeness (QED) is 0.747. The number of hydrogen-bond donors (Lipinski definition) is 1. The third-order valence-electron chi connectivity index (χ3n) is 2.10. The van der Waals surface area contributed by atoms with E-state index >= 15 is 0 Å². The Morgan fingerprint density at radius 2 is 2.21 bits per heavy atom. The van der Waals surface area contributed by atoms with E-state index in [4.69, 9.17) is 5.73 Å². The van der Waals surface area contributed by atoms with Gasteiger partial charge in [0.05, 0.1) is 0 Å². The van der Waals surface area contributed by atoms with Crippen LogP contribution >= 0.6 is 0 Å². The fourth-order valence-electron chi connectivity index (χ4n) is 1.34. The molecule has 3 heteroatoms. The molecule has 0 spiro atoms. The van der Waals surface area contributed by atoms with E-state index in [0.29, 0.717) is 30.5 Å². The van der Waals surface area contributed by atoms with Crippen LogP contribution in [0.1, 0.15) is 28.8 Å². The van der Waals surface area contributed by atoms with Crippen molar-refractivity contribution in [3.05, 3.63) is 35.1 Å². The Kier molecular flexibility index (Phi) is 3.77. The SMILES string of the molecule is Cc1cc(F)ccc1C(=O)CCCN. The first-order chi connectivity index (χ1) is 6.65. The van der Waals surface area contributed by atoms with Crippen LogP contribution in [-0.2, 0) is 0 Å². The number of rotatable bonds is 4. The molecule has 0 saturated carbocycles. The van der Waals surface area contributed by atoms with Crippen molar-refractivity contribution in [3.8, 4) is 0 Å². The van der Waals surface area contributed by atoms with Crippen molar-refractivity contribution < 1.29 is 9.18 Å². The van der Waals surface area contributed by atoms with Crippen LogP contribution < -0.4 is 5.73 Å². The second-order valence-corrected chi connectivity index (χ2v) is 3.27. The van der Waals surface area contributed by atoms with Crippen LogP contribution in [0.15, 0.2) is 18.2 Å². The van der Waals surface area contributed by atoms with Crippen molar-refractivity contribution in [2.75, 3.05) is 6.54 Å². The van der Waals surface area contributed by atoms with Crippen molar-refractivity contribution >= 4 is 5.78 Å². The number of halogens is 1. The van der Waals surface area contributed by atoms with Gasteiger partial charge in [-0.05, 0) is 43.7 Å². The third-order valence-corrected chi connectivity index (χ3v) is 2.10. The minimum atomic E-state index is -0.308. The van der Waals surface area contributed by atoms with Gasteiger partial charge in [-0.3, -0.25) is 4.79 Å². The first kappa shape index (κ1) is 10.9. The molecule has 0 amide bonds. The molecular weight excluding hydrogens is 181 g/mol. The molecule has 2 N–H and O–H groups in total. The second-order valence-electron chi connectivity index (χ2n) is 3.27. The largest absolute Gasteiger partial charge is 0.330 e. The number of nitrogens with two attached hydrogens (primary N) is 1. The molecule has 0 heterocycles. The van der Waals surface area contributed by atoms with Crippen LogP contribution in [0.2, 0.25) is 0 Å². The Morgan fingerprint density at radius 3 is 2.79 bits per heavy atom. The number of carbonyl (C=O) groups is 1. The van der Waals surface area contributed by atoms with Gasteiger partial charge in [0.25, 0.3) is 0 Å². The first-order valence-corrected chi connectivity index (χ1v) is 4.64. The molecule has 2 nitrogen and oxygen atoms in total. The van der Waals surface area contributed by atoms with Gasteiger partial charge >= 0.3 is 0 Å². The van der Waals surface area contributed by atoms with Crippen LogP contribution in [0.5, 0.6) is 0 Å². The van der Waals surface area contributed by atoms with Crippen LogP contribution in [0.3, 0.4) is 0 Å². The highest BCUT2D eigenvalue weighted by Crippen LogP contribution is 2.12. The molecule has 1 aromatic carbocycles. The average molecular weight is 195 g/mol. The maximum atomic E-state index is 12.7. The highest BCUT2D eigenvalue weighted by atomic mass is 19.1. The lowest BCUT2D eigenvalue weighted by molar-refractivity contribution is 0.0980. The smallest absolute Gasteiger partial charge is 0.163 e. The maximum absolute atomic E-state index is 12.7. The molecule has 0 aliphatic carbocycles. The molecule has 0 fully saturated rings. The van der Waals surface area contributed by atoms with Gasteiger partial charge in [0.15, 0.2) is 5.78 Å². The van der Waals surface area contributed by atoms with E-state index in [-0.39, 0.29) is 11.6 Å². The Labute approximate surface area is 82.9 Å². The van der Waals surface area contributed by atoms with E-state index in [1.807, 2.05) is 0 Å². The number of carbonyl (C=O) groups excluding carboxylic acids is 1. The van der Waals surface area contributed by atoms with E-state index in [1.54, 1.807) is 6.92 Å². The summed E-state index contributed by atoms with van der Waals surface area (Å²) in [6.07, 6.45) is 1.11. The van der Waals surface area contributed by atoms with E-state index in [0.717, 1.165) is 0 Å². The van der Waals surface area contributed by atoms with Gasteiger partial charge in [0, 0.05) is 12.0 Å². The highest BCUT2D eigenvalue weighted by molar-refractivity contribution is 5.97.